The Balaban J connectivity index is 2.56. The molecule has 0 spiro atoms. The molecule has 0 aromatic carbocycles. The van der Waals surface area contributed by atoms with E-state index in [4.69, 9.17) is 0 Å². The molecule has 0 fully saturated rings. The third-order valence-electron chi connectivity index (χ3n) is 2.20. The Morgan fingerprint density at radius 1 is 1.62 bits per heavy atom. The van der Waals surface area contributed by atoms with E-state index in [2.05, 4.69) is 10.3 Å². The summed E-state index contributed by atoms with van der Waals surface area (Å²) in [5.74, 6) is -0.184. The van der Waals surface area contributed by atoms with Gasteiger partial charge in [-0.15, -0.1) is 0 Å². The van der Waals surface area contributed by atoms with Gasteiger partial charge in [0.1, 0.15) is 11.3 Å². The molecule has 0 aliphatic carbocycles. The zero-order valence-corrected chi connectivity index (χ0v) is 8.80. The summed E-state index contributed by atoms with van der Waals surface area (Å²) in [4.78, 5) is 26.4. The van der Waals surface area contributed by atoms with Crippen LogP contribution in [0.1, 0.15) is 27.8 Å². The quantitative estimate of drug-likeness (QED) is 0.777. The van der Waals surface area contributed by atoms with Crippen LogP contribution < -0.4 is 5.32 Å². The minimum Gasteiger partial charge on any atom is -0.352 e. The van der Waals surface area contributed by atoms with E-state index in [1.54, 1.807) is 28.9 Å². The lowest BCUT2D eigenvalue weighted by Gasteiger charge is -2.02. The SMILES string of the molecule is CCNC(=O)c1cccn2cc(C=O)nc12. The summed E-state index contributed by atoms with van der Waals surface area (Å²) < 4.78 is 1.66. The van der Waals surface area contributed by atoms with Crippen LogP contribution in [0.3, 0.4) is 0 Å². The standard InChI is InChI=1S/C11H11N3O2/c1-2-12-11(16)9-4-3-5-14-6-8(7-15)13-10(9)14/h3-7H,2H2,1H3,(H,12,16). The normalized spacial score (nSPS) is 10.3. The molecule has 0 radical (unpaired) electrons. The molecule has 82 valence electrons. The Kier molecular flexibility index (Phi) is 2.68. The molecule has 1 N–H and O–H groups in total. The van der Waals surface area contributed by atoms with E-state index in [9.17, 15) is 9.59 Å². The molecule has 0 aliphatic heterocycles. The lowest BCUT2D eigenvalue weighted by atomic mass is 10.2. The molecule has 5 heteroatoms. The Morgan fingerprint density at radius 2 is 2.44 bits per heavy atom. The molecule has 0 aliphatic rings. The summed E-state index contributed by atoms with van der Waals surface area (Å²) in [6.07, 6.45) is 4.00. The smallest absolute Gasteiger partial charge is 0.255 e. The zero-order chi connectivity index (χ0) is 11.5. The van der Waals surface area contributed by atoms with Crippen LogP contribution >= 0.6 is 0 Å². The topological polar surface area (TPSA) is 63.5 Å². The van der Waals surface area contributed by atoms with Gasteiger partial charge in [-0.3, -0.25) is 9.59 Å². The van der Waals surface area contributed by atoms with Crippen LogP contribution in [0.25, 0.3) is 5.65 Å². The van der Waals surface area contributed by atoms with Gasteiger partial charge >= 0.3 is 0 Å². The van der Waals surface area contributed by atoms with E-state index in [0.717, 1.165) is 0 Å². The van der Waals surface area contributed by atoms with Crippen molar-refractivity contribution in [2.45, 2.75) is 6.92 Å². The summed E-state index contributed by atoms with van der Waals surface area (Å²) in [7, 11) is 0. The van der Waals surface area contributed by atoms with Crippen molar-refractivity contribution < 1.29 is 9.59 Å². The maximum Gasteiger partial charge on any atom is 0.255 e. The van der Waals surface area contributed by atoms with Crippen LogP contribution in [0, 0.1) is 0 Å². The lowest BCUT2D eigenvalue weighted by molar-refractivity contribution is 0.0956. The zero-order valence-electron chi connectivity index (χ0n) is 8.80. The number of aromatic nitrogens is 2. The van der Waals surface area contributed by atoms with Crippen LogP contribution in [-0.2, 0) is 0 Å². The van der Waals surface area contributed by atoms with E-state index in [1.807, 2.05) is 6.92 Å². The number of aldehydes is 1. The molecule has 2 aromatic heterocycles. The van der Waals surface area contributed by atoms with Crippen molar-refractivity contribution in [2.24, 2.45) is 0 Å². The summed E-state index contributed by atoms with van der Waals surface area (Å²) >= 11 is 0. The summed E-state index contributed by atoms with van der Waals surface area (Å²) in [6.45, 7) is 2.40. The second-order valence-corrected chi connectivity index (χ2v) is 3.30. The van der Waals surface area contributed by atoms with Crippen LogP contribution in [0.4, 0.5) is 0 Å². The molecule has 16 heavy (non-hydrogen) atoms. The fraction of sp³-hybridized carbons (Fsp3) is 0.182. The van der Waals surface area contributed by atoms with Crippen LogP contribution in [0.2, 0.25) is 0 Å². The highest BCUT2D eigenvalue weighted by Gasteiger charge is 2.11. The fourth-order valence-electron chi connectivity index (χ4n) is 1.52. The van der Waals surface area contributed by atoms with Crippen LogP contribution in [-0.4, -0.2) is 28.1 Å². The third-order valence-corrected chi connectivity index (χ3v) is 2.20. The molecule has 0 unspecified atom stereocenters. The van der Waals surface area contributed by atoms with Crippen molar-refractivity contribution in [2.75, 3.05) is 6.54 Å². The first-order valence-corrected chi connectivity index (χ1v) is 4.97. The van der Waals surface area contributed by atoms with Gasteiger partial charge in [-0.25, -0.2) is 4.98 Å². The van der Waals surface area contributed by atoms with Gasteiger partial charge in [0, 0.05) is 18.9 Å². The van der Waals surface area contributed by atoms with Gasteiger partial charge in [0.25, 0.3) is 5.91 Å². The number of amides is 1. The van der Waals surface area contributed by atoms with Gasteiger partial charge in [-0.1, -0.05) is 0 Å². The van der Waals surface area contributed by atoms with Crippen molar-refractivity contribution in [3.8, 4) is 0 Å². The number of carbonyl (C=O) groups is 2. The number of rotatable bonds is 3. The van der Waals surface area contributed by atoms with Crippen molar-refractivity contribution >= 4 is 17.8 Å². The number of fused-ring (bicyclic) bond motifs is 1. The Labute approximate surface area is 92.1 Å². The largest absolute Gasteiger partial charge is 0.352 e. The number of nitrogens with one attached hydrogen (secondary N) is 1. The number of nitrogens with zero attached hydrogens (tertiary/aromatic N) is 2. The van der Waals surface area contributed by atoms with Gasteiger partial charge in [0.2, 0.25) is 0 Å². The van der Waals surface area contributed by atoms with Gasteiger partial charge < -0.3 is 9.72 Å². The summed E-state index contributed by atoms with van der Waals surface area (Å²) in [5, 5.41) is 2.70. The Morgan fingerprint density at radius 3 is 3.12 bits per heavy atom. The van der Waals surface area contributed by atoms with Gasteiger partial charge in [0.15, 0.2) is 6.29 Å². The minimum absolute atomic E-state index is 0.184. The van der Waals surface area contributed by atoms with E-state index in [1.165, 1.54) is 0 Å². The second-order valence-electron chi connectivity index (χ2n) is 3.30. The molecular formula is C11H11N3O2. The van der Waals surface area contributed by atoms with Crippen molar-refractivity contribution in [1.82, 2.24) is 14.7 Å². The van der Waals surface area contributed by atoms with Crippen LogP contribution in [0.5, 0.6) is 0 Å². The van der Waals surface area contributed by atoms with E-state index in [0.29, 0.717) is 29.7 Å². The van der Waals surface area contributed by atoms with Crippen molar-refractivity contribution in [3.63, 3.8) is 0 Å². The first kappa shape index (κ1) is 10.4. The number of pyridine rings is 1. The summed E-state index contributed by atoms with van der Waals surface area (Å²) in [5.41, 5.74) is 1.28. The number of hydrogen-bond donors (Lipinski definition) is 1. The van der Waals surface area contributed by atoms with E-state index < -0.39 is 0 Å². The molecule has 0 atom stereocenters. The fourth-order valence-corrected chi connectivity index (χ4v) is 1.52. The lowest BCUT2D eigenvalue weighted by Crippen LogP contribution is -2.23. The maximum absolute atomic E-state index is 11.7. The van der Waals surface area contributed by atoms with E-state index in [-0.39, 0.29) is 5.91 Å². The van der Waals surface area contributed by atoms with Crippen LogP contribution in [0.15, 0.2) is 24.5 Å². The molecule has 5 nitrogen and oxygen atoms in total. The number of carbonyl (C=O) groups excluding carboxylic acids is 2. The first-order valence-electron chi connectivity index (χ1n) is 4.97. The molecule has 0 saturated heterocycles. The van der Waals surface area contributed by atoms with Crippen molar-refractivity contribution in [3.05, 3.63) is 35.8 Å². The molecular weight excluding hydrogens is 206 g/mol. The Hall–Kier alpha value is -2.17. The average molecular weight is 217 g/mol. The maximum atomic E-state index is 11.7. The van der Waals surface area contributed by atoms with E-state index >= 15 is 0 Å². The first-order chi connectivity index (χ1) is 7.76. The second kappa shape index (κ2) is 4.14. The van der Waals surface area contributed by atoms with Gasteiger partial charge in [0.05, 0.1) is 5.56 Å². The highest BCUT2D eigenvalue weighted by atomic mass is 16.1. The monoisotopic (exact) mass is 217 g/mol. The molecule has 2 rings (SSSR count). The molecule has 0 saturated carbocycles. The highest BCUT2D eigenvalue weighted by Crippen LogP contribution is 2.10. The summed E-state index contributed by atoms with van der Waals surface area (Å²) in [6, 6.07) is 3.43. The third kappa shape index (κ3) is 1.67. The minimum atomic E-state index is -0.184. The molecule has 0 bridgehead atoms. The molecule has 1 amide bonds. The van der Waals surface area contributed by atoms with Gasteiger partial charge in [-0.2, -0.15) is 0 Å². The molecule has 2 heterocycles. The highest BCUT2D eigenvalue weighted by molar-refractivity contribution is 6.00. The Bertz CT molecular complexity index is 545. The predicted octanol–water partition coefficient (Wildman–Crippen LogP) is 0.897. The number of imidazole rings is 1. The predicted molar refractivity (Wildman–Crippen MR) is 58.6 cm³/mol. The number of hydrogen-bond acceptors (Lipinski definition) is 3. The van der Waals surface area contributed by atoms with Crippen molar-refractivity contribution in [1.29, 1.82) is 0 Å². The average Bonchev–Trinajstić information content (AvgIpc) is 2.71. The van der Waals surface area contributed by atoms with Gasteiger partial charge in [-0.05, 0) is 19.1 Å². The molecule has 2 aromatic rings.